The van der Waals surface area contributed by atoms with E-state index in [0.717, 1.165) is 5.82 Å². The van der Waals surface area contributed by atoms with Crippen LogP contribution in [-0.2, 0) is 10.0 Å². The quantitative estimate of drug-likeness (QED) is 0.523. The van der Waals surface area contributed by atoms with Crippen LogP contribution in [0.5, 0.6) is 0 Å². The average Bonchev–Trinajstić information content (AvgIpc) is 3.09. The van der Waals surface area contributed by atoms with Crippen molar-refractivity contribution in [3.63, 3.8) is 0 Å². The van der Waals surface area contributed by atoms with Gasteiger partial charge in [-0.25, -0.2) is 18.1 Å². The number of benzene rings is 1. The molecule has 1 aromatic carbocycles. The first kappa shape index (κ1) is 16.8. The zero-order chi connectivity index (χ0) is 16.7. The van der Waals surface area contributed by atoms with Gasteiger partial charge in [0.25, 0.3) is 10.0 Å². The number of hydrogen-bond acceptors (Lipinski definition) is 5. The molecule has 0 radical (unpaired) electrons. The average molecular weight is 336 g/mol. The summed E-state index contributed by atoms with van der Waals surface area (Å²) in [6.07, 6.45) is 3.38. The predicted octanol–water partition coefficient (Wildman–Crippen LogP) is 0.400. The first-order valence-electron chi connectivity index (χ1n) is 7.03. The predicted molar refractivity (Wildman–Crippen MR) is 90.0 cm³/mol. The molecule has 0 aliphatic rings. The van der Waals surface area contributed by atoms with Crippen molar-refractivity contribution in [1.29, 1.82) is 0 Å². The van der Waals surface area contributed by atoms with Gasteiger partial charge in [-0.2, -0.15) is 0 Å². The summed E-state index contributed by atoms with van der Waals surface area (Å²) in [5, 5.41) is 2.76. The molecule has 0 atom stereocenters. The van der Waals surface area contributed by atoms with E-state index in [0.29, 0.717) is 13.1 Å². The molecule has 0 aliphatic carbocycles. The normalized spacial score (nSPS) is 12.0. The van der Waals surface area contributed by atoms with Crippen molar-refractivity contribution in [2.24, 2.45) is 4.99 Å². The van der Waals surface area contributed by atoms with Crippen LogP contribution < -0.4 is 14.9 Å². The SMILES string of the molecule is CNC(=NCCN(C)c1c[nH]cn1)NS(=O)(=O)c1ccccc1. The molecule has 3 N–H and O–H groups in total. The van der Waals surface area contributed by atoms with E-state index in [2.05, 4.69) is 25.0 Å². The topological polar surface area (TPSA) is 102 Å². The van der Waals surface area contributed by atoms with Crippen LogP contribution in [-0.4, -0.2) is 51.5 Å². The number of anilines is 1. The standard InChI is InChI=1S/C14H20N6O2S/c1-15-14(17-8-9-20(2)13-10-16-11-18-13)19-23(21,22)12-6-4-3-5-7-12/h3-7,10-11H,8-9H2,1-2H3,(H,16,18)(H2,15,17,19). The van der Waals surface area contributed by atoms with Crippen molar-refractivity contribution >= 4 is 21.8 Å². The third-order valence-electron chi connectivity index (χ3n) is 3.10. The molecule has 0 unspecified atom stereocenters. The Balaban J connectivity index is 1.97. The molecule has 0 fully saturated rings. The van der Waals surface area contributed by atoms with Crippen LogP contribution in [0.2, 0.25) is 0 Å². The smallest absolute Gasteiger partial charge is 0.264 e. The van der Waals surface area contributed by atoms with Crippen molar-refractivity contribution in [2.45, 2.75) is 4.90 Å². The molecule has 0 spiro atoms. The maximum atomic E-state index is 12.2. The van der Waals surface area contributed by atoms with Gasteiger partial charge in [-0.3, -0.25) is 4.99 Å². The first-order chi connectivity index (χ1) is 11.0. The van der Waals surface area contributed by atoms with Gasteiger partial charge in [0.15, 0.2) is 0 Å². The third kappa shape index (κ3) is 4.71. The molecule has 124 valence electrons. The summed E-state index contributed by atoms with van der Waals surface area (Å²) in [5.41, 5.74) is 0. The maximum absolute atomic E-state index is 12.2. The highest BCUT2D eigenvalue weighted by atomic mass is 32.2. The van der Waals surface area contributed by atoms with Crippen molar-refractivity contribution in [1.82, 2.24) is 20.0 Å². The molecule has 0 saturated carbocycles. The van der Waals surface area contributed by atoms with Crippen molar-refractivity contribution in [2.75, 3.05) is 32.1 Å². The Hall–Kier alpha value is -2.55. The first-order valence-corrected chi connectivity index (χ1v) is 8.51. The van der Waals surface area contributed by atoms with E-state index in [4.69, 9.17) is 0 Å². The highest BCUT2D eigenvalue weighted by molar-refractivity contribution is 7.90. The molecule has 8 nitrogen and oxygen atoms in total. The number of aromatic nitrogens is 2. The lowest BCUT2D eigenvalue weighted by Gasteiger charge is -2.15. The Labute approximate surface area is 135 Å². The van der Waals surface area contributed by atoms with E-state index < -0.39 is 10.0 Å². The van der Waals surface area contributed by atoms with Gasteiger partial charge >= 0.3 is 0 Å². The molecule has 0 bridgehead atoms. The maximum Gasteiger partial charge on any atom is 0.264 e. The van der Waals surface area contributed by atoms with E-state index in [-0.39, 0.29) is 10.9 Å². The molecule has 1 aromatic heterocycles. The highest BCUT2D eigenvalue weighted by Crippen LogP contribution is 2.07. The van der Waals surface area contributed by atoms with Gasteiger partial charge in [0.05, 0.1) is 17.8 Å². The van der Waals surface area contributed by atoms with Gasteiger partial charge in [-0.15, -0.1) is 0 Å². The Bertz CT molecular complexity index is 728. The summed E-state index contributed by atoms with van der Waals surface area (Å²) in [6, 6.07) is 8.16. The zero-order valence-electron chi connectivity index (χ0n) is 13.0. The van der Waals surface area contributed by atoms with Gasteiger partial charge in [0, 0.05) is 26.8 Å². The van der Waals surface area contributed by atoms with Crippen molar-refractivity contribution in [3.8, 4) is 0 Å². The number of likely N-dealkylation sites (N-methyl/N-ethyl adjacent to an activating group) is 1. The van der Waals surface area contributed by atoms with Crippen LogP contribution in [0.25, 0.3) is 0 Å². The molecule has 0 saturated heterocycles. The lowest BCUT2D eigenvalue weighted by molar-refractivity contribution is 0.591. The molecular formula is C14H20N6O2S. The Morgan fingerprint density at radius 1 is 1.35 bits per heavy atom. The molecule has 9 heteroatoms. The van der Waals surface area contributed by atoms with E-state index in [1.54, 1.807) is 37.8 Å². The number of hydrogen-bond donors (Lipinski definition) is 3. The fourth-order valence-electron chi connectivity index (χ4n) is 1.84. The zero-order valence-corrected chi connectivity index (χ0v) is 13.8. The molecule has 2 aromatic rings. The van der Waals surface area contributed by atoms with E-state index in [9.17, 15) is 8.42 Å². The van der Waals surface area contributed by atoms with Crippen LogP contribution in [0.15, 0.2) is 52.7 Å². The van der Waals surface area contributed by atoms with Crippen LogP contribution in [0.3, 0.4) is 0 Å². The van der Waals surface area contributed by atoms with Crippen molar-refractivity contribution < 1.29 is 8.42 Å². The van der Waals surface area contributed by atoms with Crippen LogP contribution in [0.1, 0.15) is 0 Å². The second kappa shape index (κ2) is 7.63. The summed E-state index contributed by atoms with van der Waals surface area (Å²) in [5.74, 6) is 1.00. The summed E-state index contributed by atoms with van der Waals surface area (Å²) in [7, 11) is -0.137. The monoisotopic (exact) mass is 336 g/mol. The number of nitrogens with zero attached hydrogens (tertiary/aromatic N) is 3. The van der Waals surface area contributed by atoms with Crippen molar-refractivity contribution in [3.05, 3.63) is 42.9 Å². The summed E-state index contributed by atoms with van der Waals surface area (Å²) >= 11 is 0. The van der Waals surface area contributed by atoms with E-state index in [1.807, 2.05) is 11.9 Å². The number of H-pyrrole nitrogens is 1. The van der Waals surface area contributed by atoms with Crippen LogP contribution in [0, 0.1) is 0 Å². The molecule has 0 amide bonds. The highest BCUT2D eigenvalue weighted by Gasteiger charge is 2.15. The second-order valence-electron chi connectivity index (χ2n) is 4.75. The number of aliphatic imine (C=N–C) groups is 1. The van der Waals surface area contributed by atoms with Crippen LogP contribution in [0.4, 0.5) is 5.82 Å². The number of nitrogens with one attached hydrogen (secondary N) is 3. The summed E-state index contributed by atoms with van der Waals surface area (Å²) < 4.78 is 26.9. The van der Waals surface area contributed by atoms with Crippen LogP contribution >= 0.6 is 0 Å². The number of imidazole rings is 1. The molecule has 1 heterocycles. The third-order valence-corrected chi connectivity index (χ3v) is 4.46. The lowest BCUT2D eigenvalue weighted by Crippen LogP contribution is -2.39. The number of aromatic amines is 1. The fourth-order valence-corrected chi connectivity index (χ4v) is 2.89. The minimum absolute atomic E-state index is 0.191. The Morgan fingerprint density at radius 3 is 2.70 bits per heavy atom. The number of rotatable bonds is 6. The molecule has 2 rings (SSSR count). The minimum atomic E-state index is -3.64. The van der Waals surface area contributed by atoms with Gasteiger partial charge < -0.3 is 15.2 Å². The van der Waals surface area contributed by atoms with Gasteiger partial charge in [-0.05, 0) is 12.1 Å². The summed E-state index contributed by atoms with van der Waals surface area (Å²) in [6.45, 7) is 1.01. The molecule has 23 heavy (non-hydrogen) atoms. The molecular weight excluding hydrogens is 316 g/mol. The largest absolute Gasteiger partial charge is 0.359 e. The van der Waals surface area contributed by atoms with E-state index in [1.165, 1.54) is 12.1 Å². The molecule has 0 aliphatic heterocycles. The lowest BCUT2D eigenvalue weighted by atomic mass is 10.4. The Morgan fingerprint density at radius 2 is 2.09 bits per heavy atom. The van der Waals surface area contributed by atoms with Gasteiger partial charge in [-0.1, -0.05) is 18.2 Å². The van der Waals surface area contributed by atoms with E-state index >= 15 is 0 Å². The number of sulfonamides is 1. The van der Waals surface area contributed by atoms with Gasteiger partial charge in [0.2, 0.25) is 5.96 Å². The number of guanidine groups is 1. The fraction of sp³-hybridized carbons (Fsp3) is 0.286. The second-order valence-corrected chi connectivity index (χ2v) is 6.43. The minimum Gasteiger partial charge on any atom is -0.359 e. The Kier molecular flexibility index (Phi) is 5.58. The van der Waals surface area contributed by atoms with Gasteiger partial charge in [0.1, 0.15) is 5.82 Å². The summed E-state index contributed by atoms with van der Waals surface area (Å²) in [4.78, 5) is 13.4.